The summed E-state index contributed by atoms with van der Waals surface area (Å²) < 4.78 is 38.5. The third-order valence-electron chi connectivity index (χ3n) is 4.59. The number of guanidine groups is 1. The first kappa shape index (κ1) is 25.4. The second kappa shape index (κ2) is 12.1. The van der Waals surface area contributed by atoms with Crippen LogP contribution in [0.4, 0.5) is 4.39 Å². The molecule has 0 saturated heterocycles. The Morgan fingerprint density at radius 2 is 1.69 bits per heavy atom. The van der Waals surface area contributed by atoms with Gasteiger partial charge in [0, 0.05) is 18.5 Å². The van der Waals surface area contributed by atoms with E-state index in [2.05, 4.69) is 41.6 Å². The summed E-state index contributed by atoms with van der Waals surface area (Å²) >= 11 is 0. The lowest BCUT2D eigenvalue weighted by Crippen LogP contribution is -2.44. The summed E-state index contributed by atoms with van der Waals surface area (Å²) in [7, 11) is -3.73. The van der Waals surface area contributed by atoms with E-state index in [1.54, 1.807) is 0 Å². The van der Waals surface area contributed by atoms with Crippen LogP contribution in [-0.4, -0.2) is 39.3 Å². The highest BCUT2D eigenvalue weighted by Crippen LogP contribution is 2.18. The number of nitrogens with one attached hydrogen (secondary N) is 2. The fourth-order valence-electron chi connectivity index (χ4n) is 2.79. The average Bonchev–Trinajstić information content (AvgIpc) is 2.68. The van der Waals surface area contributed by atoms with Crippen molar-refractivity contribution in [2.75, 3.05) is 18.8 Å². The summed E-state index contributed by atoms with van der Waals surface area (Å²) in [6.45, 7) is 6.81. The van der Waals surface area contributed by atoms with E-state index in [1.165, 1.54) is 23.8 Å². The molecule has 0 aliphatic carbocycles. The largest absolute Gasteiger partial charge is 0.357 e. The molecule has 0 saturated carbocycles. The molecule has 2 aromatic rings. The molecule has 0 fully saturated rings. The Labute approximate surface area is 190 Å². The van der Waals surface area contributed by atoms with Crippen molar-refractivity contribution in [2.45, 2.75) is 37.6 Å². The topological polar surface area (TPSA) is 70.6 Å². The van der Waals surface area contributed by atoms with Gasteiger partial charge >= 0.3 is 0 Å². The van der Waals surface area contributed by atoms with E-state index in [9.17, 15) is 12.8 Å². The quantitative estimate of drug-likeness (QED) is 0.306. The summed E-state index contributed by atoms with van der Waals surface area (Å²) in [6.07, 6.45) is 0. The van der Waals surface area contributed by atoms with Crippen molar-refractivity contribution in [1.82, 2.24) is 10.6 Å². The lowest BCUT2D eigenvalue weighted by atomic mass is 9.94. The van der Waals surface area contributed by atoms with Gasteiger partial charge in [0.25, 0.3) is 0 Å². The molecular weight excluding hydrogens is 504 g/mol. The molecule has 160 valence electrons. The van der Waals surface area contributed by atoms with Crippen molar-refractivity contribution in [2.24, 2.45) is 4.99 Å². The Hall–Kier alpha value is -1.68. The minimum Gasteiger partial charge on any atom is -0.357 e. The number of benzene rings is 2. The van der Waals surface area contributed by atoms with Gasteiger partial charge in [0.15, 0.2) is 15.8 Å². The van der Waals surface area contributed by atoms with Gasteiger partial charge in [0.2, 0.25) is 0 Å². The number of halogens is 2. The van der Waals surface area contributed by atoms with E-state index in [4.69, 9.17) is 0 Å². The molecule has 0 aromatic heterocycles. The number of sulfone groups is 1. The van der Waals surface area contributed by atoms with Crippen molar-refractivity contribution in [1.29, 1.82) is 0 Å². The molecule has 0 spiro atoms. The zero-order valence-electron chi connectivity index (χ0n) is 16.9. The molecule has 0 aliphatic rings. The van der Waals surface area contributed by atoms with Gasteiger partial charge in [-0.2, -0.15) is 0 Å². The molecule has 0 amide bonds. The Balaban J connectivity index is 0.00000420. The van der Waals surface area contributed by atoms with E-state index in [-0.39, 0.29) is 53.1 Å². The second-order valence-electron chi connectivity index (χ2n) is 6.64. The van der Waals surface area contributed by atoms with Crippen molar-refractivity contribution in [3.63, 3.8) is 0 Å². The summed E-state index contributed by atoms with van der Waals surface area (Å²) in [5.41, 5.74) is 1.21. The molecule has 0 heterocycles. The smallest absolute Gasteiger partial charge is 0.191 e. The number of rotatable bonds is 8. The lowest BCUT2D eigenvalue weighted by Gasteiger charge is -2.24. The maximum atomic E-state index is 13.8. The Morgan fingerprint density at radius 3 is 2.31 bits per heavy atom. The van der Waals surface area contributed by atoms with E-state index in [0.29, 0.717) is 12.5 Å². The van der Waals surface area contributed by atoms with Gasteiger partial charge in [-0.1, -0.05) is 49.4 Å². The first-order valence-electron chi connectivity index (χ1n) is 9.42. The molecular formula is C21H29FIN3O2S. The van der Waals surface area contributed by atoms with Crippen molar-refractivity contribution in [3.05, 3.63) is 66.0 Å². The molecule has 2 rings (SSSR count). The molecule has 2 aromatic carbocycles. The van der Waals surface area contributed by atoms with Crippen molar-refractivity contribution >= 4 is 39.8 Å². The first-order valence-corrected chi connectivity index (χ1v) is 11.1. The third-order valence-corrected chi connectivity index (χ3v) is 6.31. The first-order chi connectivity index (χ1) is 13.3. The molecule has 2 N–H and O–H groups in total. The van der Waals surface area contributed by atoms with Gasteiger partial charge in [-0.05, 0) is 31.5 Å². The van der Waals surface area contributed by atoms with Gasteiger partial charge in [-0.15, -0.1) is 24.0 Å². The van der Waals surface area contributed by atoms with E-state index in [0.717, 1.165) is 6.07 Å². The summed E-state index contributed by atoms with van der Waals surface area (Å²) in [5, 5.41) is 6.45. The van der Waals surface area contributed by atoms with Crippen LogP contribution in [-0.2, 0) is 9.84 Å². The van der Waals surface area contributed by atoms with Crippen molar-refractivity contribution < 1.29 is 12.8 Å². The predicted octanol–water partition coefficient (Wildman–Crippen LogP) is 3.96. The van der Waals surface area contributed by atoms with E-state index < -0.39 is 15.7 Å². The minimum absolute atomic E-state index is 0. The van der Waals surface area contributed by atoms with Gasteiger partial charge < -0.3 is 10.6 Å². The summed E-state index contributed by atoms with van der Waals surface area (Å²) in [4.78, 5) is 4.08. The highest BCUT2D eigenvalue weighted by molar-refractivity contribution is 14.0. The van der Waals surface area contributed by atoms with Crippen LogP contribution in [0, 0.1) is 5.82 Å². The molecule has 5 nitrogen and oxygen atoms in total. The van der Waals surface area contributed by atoms with Crippen LogP contribution < -0.4 is 10.6 Å². The van der Waals surface area contributed by atoms with E-state index in [1.807, 2.05) is 25.1 Å². The fourth-order valence-corrected chi connectivity index (χ4v) is 3.99. The van der Waals surface area contributed by atoms with Crippen LogP contribution >= 0.6 is 24.0 Å². The van der Waals surface area contributed by atoms with Crippen molar-refractivity contribution in [3.8, 4) is 0 Å². The summed E-state index contributed by atoms with van der Waals surface area (Å²) in [6, 6.07) is 15.6. The van der Waals surface area contributed by atoms with Gasteiger partial charge in [-0.3, -0.25) is 4.99 Å². The second-order valence-corrected chi connectivity index (χ2v) is 8.72. The number of nitrogens with zero attached hydrogens (tertiary/aromatic N) is 1. The zero-order chi connectivity index (χ0) is 20.6. The molecule has 8 heteroatoms. The van der Waals surface area contributed by atoms with Crippen LogP contribution in [0.25, 0.3) is 0 Å². The molecule has 0 bridgehead atoms. The van der Waals surface area contributed by atoms with Crippen LogP contribution in [0.15, 0.2) is 64.5 Å². The normalized spacial score (nSPS) is 13.9. The number of hydrogen-bond acceptors (Lipinski definition) is 3. The van der Waals surface area contributed by atoms with Crippen LogP contribution in [0.5, 0.6) is 0 Å². The highest BCUT2D eigenvalue weighted by atomic mass is 127. The maximum absolute atomic E-state index is 13.8. The number of aliphatic imine (C=N–C) groups is 1. The SMILES string of the molecule is CCNC(=NCCS(=O)(=O)c1ccccc1F)NC(C)C(C)c1ccccc1.I. The fraction of sp³-hybridized carbons (Fsp3) is 0.381. The molecule has 2 unspecified atom stereocenters. The summed E-state index contributed by atoms with van der Waals surface area (Å²) in [5.74, 6) is -0.205. The Kier molecular flexibility index (Phi) is 10.6. The van der Waals surface area contributed by atoms with Gasteiger partial charge in [0.05, 0.1) is 12.3 Å². The molecule has 29 heavy (non-hydrogen) atoms. The van der Waals surface area contributed by atoms with Crippen LogP contribution in [0.1, 0.15) is 32.3 Å². The van der Waals surface area contributed by atoms with Gasteiger partial charge in [-0.25, -0.2) is 12.8 Å². The zero-order valence-corrected chi connectivity index (χ0v) is 20.1. The minimum atomic E-state index is -3.73. The Morgan fingerprint density at radius 1 is 1.07 bits per heavy atom. The maximum Gasteiger partial charge on any atom is 0.191 e. The van der Waals surface area contributed by atoms with E-state index >= 15 is 0 Å². The number of hydrogen-bond donors (Lipinski definition) is 2. The van der Waals surface area contributed by atoms with Crippen LogP contribution in [0.2, 0.25) is 0 Å². The Bertz CT molecular complexity index is 892. The van der Waals surface area contributed by atoms with Gasteiger partial charge in [0.1, 0.15) is 10.7 Å². The third kappa shape index (κ3) is 7.58. The molecule has 2 atom stereocenters. The van der Waals surface area contributed by atoms with Crippen LogP contribution in [0.3, 0.4) is 0 Å². The lowest BCUT2D eigenvalue weighted by molar-refractivity contribution is 0.550. The molecule has 0 aliphatic heterocycles. The average molecular weight is 533 g/mol. The standard InChI is InChI=1S/C21H28FN3O2S.HI/c1-4-23-21(25-17(3)16(2)18-10-6-5-7-11-18)24-14-15-28(26,27)20-13-9-8-12-19(20)22;/h5-13,16-17H,4,14-15H2,1-3H3,(H2,23,24,25);1H. The monoisotopic (exact) mass is 533 g/mol. The predicted molar refractivity (Wildman–Crippen MR) is 127 cm³/mol. The molecule has 0 radical (unpaired) electrons. The highest BCUT2D eigenvalue weighted by Gasteiger charge is 2.19.